The van der Waals surface area contributed by atoms with Crippen molar-refractivity contribution in [1.82, 2.24) is 0 Å². The number of hydrogen-bond donors (Lipinski definition) is 0. The van der Waals surface area contributed by atoms with E-state index in [-0.39, 0.29) is 0 Å². The Bertz CT molecular complexity index is 162. The van der Waals surface area contributed by atoms with Crippen LogP contribution in [0.1, 0.15) is 53.4 Å². The van der Waals surface area contributed by atoms with Crippen molar-refractivity contribution >= 4 is 25.7 Å². The highest BCUT2D eigenvalue weighted by molar-refractivity contribution is 6.35. The summed E-state index contributed by atoms with van der Waals surface area (Å²) in [6.07, 6.45) is 4.05. The predicted molar refractivity (Wildman–Crippen MR) is 73.3 cm³/mol. The van der Waals surface area contributed by atoms with Crippen molar-refractivity contribution < 1.29 is 13.6 Å². The van der Waals surface area contributed by atoms with Crippen molar-refractivity contribution in [3.63, 3.8) is 0 Å². The molecular formula is C11H26O3Si2. The Morgan fingerprint density at radius 3 is 1.44 bits per heavy atom. The van der Waals surface area contributed by atoms with E-state index in [4.69, 9.17) is 8.85 Å². The lowest BCUT2D eigenvalue weighted by molar-refractivity contribution is 0.154. The van der Waals surface area contributed by atoms with E-state index in [0.717, 1.165) is 25.7 Å². The van der Waals surface area contributed by atoms with E-state index in [1.165, 1.54) is 0 Å². The third kappa shape index (κ3) is 7.06. The van der Waals surface area contributed by atoms with Gasteiger partial charge in [-0.25, -0.2) is 4.79 Å². The molecule has 0 saturated carbocycles. The molecule has 0 aliphatic carbocycles. The molecule has 0 bridgehead atoms. The third-order valence-electron chi connectivity index (χ3n) is 3.18. The average molecular weight is 262 g/mol. The summed E-state index contributed by atoms with van der Waals surface area (Å²) in [5, 5.41) is 0. The van der Waals surface area contributed by atoms with Gasteiger partial charge in [-0.1, -0.05) is 53.4 Å². The maximum absolute atomic E-state index is 11.3. The van der Waals surface area contributed by atoms with Crippen LogP contribution >= 0.6 is 0 Å². The van der Waals surface area contributed by atoms with Crippen molar-refractivity contribution in [3.8, 4) is 0 Å². The highest BCUT2D eigenvalue weighted by Gasteiger charge is 2.12. The van der Waals surface area contributed by atoms with Crippen LogP contribution < -0.4 is 0 Å². The Kier molecular flexibility index (Phi) is 9.71. The van der Waals surface area contributed by atoms with Gasteiger partial charge in [0.25, 0.3) is 0 Å². The van der Waals surface area contributed by atoms with Crippen molar-refractivity contribution in [2.24, 2.45) is 0 Å². The monoisotopic (exact) mass is 262 g/mol. The largest absolute Gasteiger partial charge is 0.495 e. The van der Waals surface area contributed by atoms with Gasteiger partial charge < -0.3 is 8.85 Å². The lowest BCUT2D eigenvalue weighted by Crippen LogP contribution is -2.18. The summed E-state index contributed by atoms with van der Waals surface area (Å²) in [5.41, 5.74) is 1.23. The highest BCUT2D eigenvalue weighted by Crippen LogP contribution is 2.15. The van der Waals surface area contributed by atoms with Gasteiger partial charge in [-0.15, -0.1) is 0 Å². The fourth-order valence-electron chi connectivity index (χ4n) is 1.46. The second-order valence-corrected chi connectivity index (χ2v) is 7.79. The van der Waals surface area contributed by atoms with E-state index in [1.54, 1.807) is 0 Å². The summed E-state index contributed by atoms with van der Waals surface area (Å²) >= 11 is 0. The van der Waals surface area contributed by atoms with Crippen LogP contribution in [0.15, 0.2) is 0 Å². The predicted octanol–water partition coefficient (Wildman–Crippen LogP) is 2.52. The summed E-state index contributed by atoms with van der Waals surface area (Å²) in [6.45, 7) is 8.59. The zero-order valence-electron chi connectivity index (χ0n) is 11.1. The molecule has 0 rings (SSSR count). The molecule has 0 aromatic carbocycles. The van der Waals surface area contributed by atoms with Crippen LogP contribution in [0.25, 0.3) is 0 Å². The van der Waals surface area contributed by atoms with Gasteiger partial charge in [-0.2, -0.15) is 0 Å². The number of rotatable bonds is 8. The van der Waals surface area contributed by atoms with Crippen LogP contribution in [-0.4, -0.2) is 25.7 Å². The van der Waals surface area contributed by atoms with Crippen LogP contribution in [0.2, 0.25) is 11.1 Å². The minimum Gasteiger partial charge on any atom is -0.495 e. The molecular weight excluding hydrogens is 236 g/mol. The summed E-state index contributed by atoms with van der Waals surface area (Å²) in [6, 6.07) is 0. The molecule has 5 heteroatoms. The van der Waals surface area contributed by atoms with Gasteiger partial charge in [0, 0.05) is 0 Å². The van der Waals surface area contributed by atoms with Crippen molar-refractivity contribution in [3.05, 3.63) is 0 Å². The Labute approximate surface area is 104 Å². The lowest BCUT2D eigenvalue weighted by Gasteiger charge is -2.14. The van der Waals surface area contributed by atoms with Gasteiger partial charge in [0.1, 0.15) is 0 Å². The molecule has 0 aliphatic heterocycles. The zero-order valence-corrected chi connectivity index (χ0v) is 14.0. The van der Waals surface area contributed by atoms with Gasteiger partial charge in [-0.05, 0) is 11.1 Å². The minimum absolute atomic E-state index is 0.392. The quantitative estimate of drug-likeness (QED) is 0.631. The fourth-order valence-corrected chi connectivity index (χ4v) is 3.48. The Balaban J connectivity index is 3.65. The van der Waals surface area contributed by atoms with Gasteiger partial charge >= 0.3 is 6.16 Å². The molecule has 0 spiro atoms. The SMILES string of the molecule is CCC(CC)[SiH2]OC(=O)O[SiH2]C(CC)CC. The second kappa shape index (κ2) is 9.90. The summed E-state index contributed by atoms with van der Waals surface area (Å²) in [7, 11) is -1.46. The molecule has 0 unspecified atom stereocenters. The molecule has 0 heterocycles. The average Bonchev–Trinajstić information content (AvgIpc) is 2.31. The van der Waals surface area contributed by atoms with Crippen LogP contribution in [-0.2, 0) is 8.85 Å². The third-order valence-corrected chi connectivity index (χ3v) is 7.24. The van der Waals surface area contributed by atoms with E-state index in [9.17, 15) is 4.79 Å². The molecule has 96 valence electrons. The molecule has 0 fully saturated rings. The van der Waals surface area contributed by atoms with E-state index >= 15 is 0 Å². The fraction of sp³-hybridized carbons (Fsp3) is 0.909. The van der Waals surface area contributed by atoms with Gasteiger partial charge in [0.2, 0.25) is 19.5 Å². The molecule has 0 aromatic heterocycles. The Morgan fingerprint density at radius 2 is 1.19 bits per heavy atom. The molecule has 0 amide bonds. The topological polar surface area (TPSA) is 35.5 Å². The summed E-state index contributed by atoms with van der Waals surface area (Å²) in [5.74, 6) is 0. The van der Waals surface area contributed by atoms with Gasteiger partial charge in [0.15, 0.2) is 0 Å². The standard InChI is InChI=1S/C11H26O3Si2/c1-5-9(6-2)15-13-11(12)14-16-10(7-3)8-4/h9-10H,5-8,15-16H2,1-4H3. The summed E-state index contributed by atoms with van der Waals surface area (Å²) in [4.78, 5) is 11.3. The van der Waals surface area contributed by atoms with Gasteiger partial charge in [0.05, 0.1) is 0 Å². The molecule has 0 saturated heterocycles. The van der Waals surface area contributed by atoms with E-state index in [2.05, 4.69) is 27.7 Å². The maximum atomic E-state index is 11.3. The van der Waals surface area contributed by atoms with Crippen LogP contribution in [0.3, 0.4) is 0 Å². The van der Waals surface area contributed by atoms with Crippen LogP contribution in [0.5, 0.6) is 0 Å². The molecule has 0 aromatic rings. The first-order chi connectivity index (χ1) is 7.67. The highest BCUT2D eigenvalue weighted by atomic mass is 28.2. The lowest BCUT2D eigenvalue weighted by atomic mass is 10.3. The number of carbonyl (C=O) groups is 1. The first-order valence-electron chi connectivity index (χ1n) is 6.47. The van der Waals surface area contributed by atoms with E-state index < -0.39 is 25.7 Å². The van der Waals surface area contributed by atoms with Crippen molar-refractivity contribution in [1.29, 1.82) is 0 Å². The maximum Gasteiger partial charge on any atom is 0.479 e. The Morgan fingerprint density at radius 1 is 0.875 bits per heavy atom. The van der Waals surface area contributed by atoms with Crippen LogP contribution in [0, 0.1) is 0 Å². The Hall–Kier alpha value is -0.296. The number of hydrogen-bond acceptors (Lipinski definition) is 3. The smallest absolute Gasteiger partial charge is 0.479 e. The van der Waals surface area contributed by atoms with Crippen LogP contribution in [0.4, 0.5) is 4.79 Å². The molecule has 0 radical (unpaired) electrons. The minimum atomic E-state index is -0.732. The van der Waals surface area contributed by atoms with E-state index in [1.807, 2.05) is 0 Å². The molecule has 0 atom stereocenters. The molecule has 0 N–H and O–H groups in total. The molecule has 16 heavy (non-hydrogen) atoms. The second-order valence-electron chi connectivity index (χ2n) is 4.24. The first-order valence-corrected chi connectivity index (χ1v) is 9.26. The normalized spacial score (nSPS) is 12.4. The van der Waals surface area contributed by atoms with Gasteiger partial charge in [-0.3, -0.25) is 0 Å². The number of carbonyl (C=O) groups excluding carboxylic acids is 1. The zero-order chi connectivity index (χ0) is 12.4. The first kappa shape index (κ1) is 15.7. The summed E-state index contributed by atoms with van der Waals surface area (Å²) < 4.78 is 10.5. The molecule has 3 nitrogen and oxygen atoms in total. The van der Waals surface area contributed by atoms with E-state index in [0.29, 0.717) is 11.1 Å². The van der Waals surface area contributed by atoms with Crippen molar-refractivity contribution in [2.45, 2.75) is 64.5 Å². The van der Waals surface area contributed by atoms with Crippen molar-refractivity contribution in [2.75, 3.05) is 0 Å². The molecule has 0 aliphatic rings.